The van der Waals surface area contributed by atoms with Crippen molar-refractivity contribution in [3.63, 3.8) is 0 Å². The van der Waals surface area contributed by atoms with E-state index in [1.807, 2.05) is 48.5 Å². The molecule has 3 aromatic rings. The highest BCUT2D eigenvalue weighted by Crippen LogP contribution is 2.26. The normalized spacial score (nSPS) is 13.1. The number of fused-ring (bicyclic) bond motifs is 1. The zero-order valence-electron chi connectivity index (χ0n) is 15.8. The fraction of sp³-hybridized carbons (Fsp3) is 0.273. The van der Waals surface area contributed by atoms with E-state index in [4.69, 9.17) is 4.74 Å². The quantitative estimate of drug-likeness (QED) is 0.613. The molecule has 0 saturated carbocycles. The Labute approximate surface area is 158 Å². The molecule has 0 radical (unpaired) electrons. The van der Waals surface area contributed by atoms with Gasteiger partial charge < -0.3 is 15.0 Å². The van der Waals surface area contributed by atoms with Gasteiger partial charge >= 0.3 is 5.97 Å². The van der Waals surface area contributed by atoms with Gasteiger partial charge in [-0.1, -0.05) is 50.2 Å². The van der Waals surface area contributed by atoms with Crippen molar-refractivity contribution in [2.45, 2.75) is 39.2 Å². The van der Waals surface area contributed by atoms with Gasteiger partial charge in [-0.15, -0.1) is 0 Å². The minimum absolute atomic E-state index is 0.325. The summed E-state index contributed by atoms with van der Waals surface area (Å²) in [4.78, 5) is 27.9. The van der Waals surface area contributed by atoms with Gasteiger partial charge in [-0.25, -0.2) is 4.79 Å². The van der Waals surface area contributed by atoms with E-state index in [1.54, 1.807) is 13.0 Å². The average molecular weight is 364 g/mol. The molecule has 1 aromatic heterocycles. The van der Waals surface area contributed by atoms with Crippen LogP contribution >= 0.6 is 0 Å². The van der Waals surface area contributed by atoms with Gasteiger partial charge in [0.2, 0.25) is 0 Å². The van der Waals surface area contributed by atoms with E-state index in [-0.39, 0.29) is 5.91 Å². The van der Waals surface area contributed by atoms with E-state index in [9.17, 15) is 9.59 Å². The summed E-state index contributed by atoms with van der Waals surface area (Å²) >= 11 is 0. The summed E-state index contributed by atoms with van der Waals surface area (Å²) in [6.07, 6.45) is 0.0616. The van der Waals surface area contributed by atoms with Crippen LogP contribution in [0.4, 0.5) is 5.69 Å². The molecule has 1 heterocycles. The van der Waals surface area contributed by atoms with Crippen molar-refractivity contribution in [3.8, 4) is 0 Å². The van der Waals surface area contributed by atoms with Crippen molar-refractivity contribution in [2.24, 2.45) is 0 Å². The first-order valence-corrected chi connectivity index (χ1v) is 9.18. The van der Waals surface area contributed by atoms with Crippen LogP contribution < -0.4 is 5.32 Å². The summed E-state index contributed by atoms with van der Waals surface area (Å²) in [7, 11) is 0. The third-order valence-corrected chi connectivity index (χ3v) is 4.76. The minimum Gasteiger partial charge on any atom is -0.448 e. The molecule has 0 saturated heterocycles. The van der Waals surface area contributed by atoms with E-state index >= 15 is 0 Å². The molecule has 0 aliphatic heterocycles. The number of rotatable bonds is 6. The molecule has 1 amide bonds. The summed E-state index contributed by atoms with van der Waals surface area (Å²) in [5.41, 5.74) is 3.01. The van der Waals surface area contributed by atoms with E-state index in [2.05, 4.69) is 24.1 Å². The van der Waals surface area contributed by atoms with Gasteiger partial charge in [0.1, 0.15) is 5.69 Å². The second kappa shape index (κ2) is 8.08. The van der Waals surface area contributed by atoms with Gasteiger partial charge in [0, 0.05) is 16.6 Å². The van der Waals surface area contributed by atoms with Crippen LogP contribution in [0.5, 0.6) is 0 Å². The molecule has 27 heavy (non-hydrogen) atoms. The highest BCUT2D eigenvalue weighted by molar-refractivity contribution is 5.99. The number of carbonyl (C=O) groups is 2. The fourth-order valence-corrected chi connectivity index (χ4v) is 2.96. The zero-order valence-corrected chi connectivity index (χ0v) is 15.8. The monoisotopic (exact) mass is 364 g/mol. The fourth-order valence-electron chi connectivity index (χ4n) is 2.96. The van der Waals surface area contributed by atoms with Crippen LogP contribution in [0.15, 0.2) is 54.6 Å². The summed E-state index contributed by atoms with van der Waals surface area (Å²) in [6.45, 7) is 5.79. The number of hydrogen-bond donors (Lipinski definition) is 2. The number of aromatic nitrogens is 1. The van der Waals surface area contributed by atoms with Crippen molar-refractivity contribution in [3.05, 3.63) is 65.9 Å². The maximum absolute atomic E-state index is 12.5. The maximum atomic E-state index is 12.5. The summed E-state index contributed by atoms with van der Waals surface area (Å²) < 4.78 is 5.34. The topological polar surface area (TPSA) is 71.2 Å². The molecule has 0 bridgehead atoms. The van der Waals surface area contributed by atoms with Crippen LogP contribution in [0.1, 0.15) is 49.2 Å². The SMILES string of the molecule is CCC(C)c1ccccc1NC(=O)C(C)OC(=O)c1cc2ccccc2[nH]1. The minimum atomic E-state index is -0.908. The molecule has 2 N–H and O–H groups in total. The number of carbonyl (C=O) groups excluding carboxylic acids is 2. The van der Waals surface area contributed by atoms with Crippen LogP contribution in [0.3, 0.4) is 0 Å². The number of hydrogen-bond acceptors (Lipinski definition) is 3. The Bertz CT molecular complexity index is 928. The Balaban J connectivity index is 1.68. The number of H-pyrrole nitrogens is 1. The van der Waals surface area contributed by atoms with E-state index in [0.29, 0.717) is 11.6 Å². The third kappa shape index (κ3) is 4.19. The Morgan fingerprint density at radius 2 is 1.78 bits per heavy atom. The van der Waals surface area contributed by atoms with Crippen molar-refractivity contribution in [1.82, 2.24) is 4.98 Å². The third-order valence-electron chi connectivity index (χ3n) is 4.76. The standard InChI is InChI=1S/C22H24N2O3/c1-4-14(2)17-10-6-8-12-19(17)24-21(25)15(3)27-22(26)20-13-16-9-5-7-11-18(16)23-20/h5-15,23H,4H2,1-3H3,(H,24,25). The highest BCUT2D eigenvalue weighted by atomic mass is 16.5. The van der Waals surface area contributed by atoms with Crippen LogP contribution in [0.2, 0.25) is 0 Å². The van der Waals surface area contributed by atoms with Crippen molar-refractivity contribution < 1.29 is 14.3 Å². The molecule has 0 aliphatic rings. The highest BCUT2D eigenvalue weighted by Gasteiger charge is 2.21. The molecule has 2 atom stereocenters. The maximum Gasteiger partial charge on any atom is 0.355 e. The average Bonchev–Trinajstić information content (AvgIpc) is 3.12. The Morgan fingerprint density at radius 3 is 2.52 bits per heavy atom. The van der Waals surface area contributed by atoms with Crippen LogP contribution in [-0.4, -0.2) is 23.0 Å². The first-order chi connectivity index (χ1) is 13.0. The molecule has 0 spiro atoms. The first-order valence-electron chi connectivity index (χ1n) is 9.18. The van der Waals surface area contributed by atoms with Gasteiger partial charge in [-0.3, -0.25) is 4.79 Å². The summed E-state index contributed by atoms with van der Waals surface area (Å²) in [6, 6.07) is 17.0. The molecule has 0 aliphatic carbocycles. The van der Waals surface area contributed by atoms with Gasteiger partial charge in [0.05, 0.1) is 0 Å². The largest absolute Gasteiger partial charge is 0.448 e. The number of benzene rings is 2. The number of para-hydroxylation sites is 2. The van der Waals surface area contributed by atoms with Crippen LogP contribution in [0.25, 0.3) is 10.9 Å². The van der Waals surface area contributed by atoms with Crippen molar-refractivity contribution in [1.29, 1.82) is 0 Å². The molecular formula is C22H24N2O3. The summed E-state index contributed by atoms with van der Waals surface area (Å²) in [5, 5.41) is 3.80. The molecular weight excluding hydrogens is 340 g/mol. The Morgan fingerprint density at radius 1 is 1.07 bits per heavy atom. The molecule has 3 rings (SSSR count). The lowest BCUT2D eigenvalue weighted by atomic mass is 9.97. The lowest BCUT2D eigenvalue weighted by Crippen LogP contribution is -2.30. The van der Waals surface area contributed by atoms with Gasteiger partial charge in [0.15, 0.2) is 6.10 Å². The van der Waals surface area contributed by atoms with Gasteiger partial charge in [0.25, 0.3) is 5.91 Å². The molecule has 140 valence electrons. The molecule has 0 fully saturated rings. The van der Waals surface area contributed by atoms with Crippen LogP contribution in [0, 0.1) is 0 Å². The van der Waals surface area contributed by atoms with Gasteiger partial charge in [-0.05, 0) is 43.0 Å². The van der Waals surface area contributed by atoms with E-state index < -0.39 is 12.1 Å². The molecule has 5 heteroatoms. The van der Waals surface area contributed by atoms with E-state index in [1.165, 1.54) is 0 Å². The molecule has 2 unspecified atom stereocenters. The Kier molecular flexibility index (Phi) is 5.60. The number of aromatic amines is 1. The second-order valence-electron chi connectivity index (χ2n) is 6.70. The second-order valence-corrected chi connectivity index (χ2v) is 6.70. The number of esters is 1. The van der Waals surface area contributed by atoms with Crippen molar-refractivity contribution in [2.75, 3.05) is 5.32 Å². The molecule has 5 nitrogen and oxygen atoms in total. The lowest BCUT2D eigenvalue weighted by Gasteiger charge is -2.18. The zero-order chi connectivity index (χ0) is 19.4. The van der Waals surface area contributed by atoms with E-state index in [0.717, 1.165) is 28.6 Å². The predicted octanol–water partition coefficient (Wildman–Crippen LogP) is 4.87. The molecule has 2 aromatic carbocycles. The van der Waals surface area contributed by atoms with Crippen molar-refractivity contribution >= 4 is 28.5 Å². The number of anilines is 1. The summed E-state index contributed by atoms with van der Waals surface area (Å²) in [5.74, 6) is -0.579. The first kappa shape index (κ1) is 18.7. The number of ether oxygens (including phenoxy) is 1. The predicted molar refractivity (Wildman–Crippen MR) is 107 cm³/mol. The van der Waals surface area contributed by atoms with Gasteiger partial charge in [-0.2, -0.15) is 0 Å². The Hall–Kier alpha value is -3.08. The lowest BCUT2D eigenvalue weighted by molar-refractivity contribution is -0.123. The van der Waals surface area contributed by atoms with Crippen LogP contribution in [-0.2, 0) is 9.53 Å². The number of amides is 1. The smallest absolute Gasteiger partial charge is 0.355 e. The number of nitrogens with one attached hydrogen (secondary N) is 2.